The van der Waals surface area contributed by atoms with Gasteiger partial charge in [-0.2, -0.15) is 0 Å². The zero-order chi connectivity index (χ0) is 17.4. The van der Waals surface area contributed by atoms with Gasteiger partial charge in [-0.1, -0.05) is 23.2 Å². The van der Waals surface area contributed by atoms with E-state index in [0.717, 1.165) is 55.6 Å². The van der Waals surface area contributed by atoms with Gasteiger partial charge in [0.05, 0.1) is 15.7 Å². The average Bonchev–Trinajstić information content (AvgIpc) is 3.06. The number of aromatic nitrogens is 1. The number of hydrogen-bond acceptors (Lipinski definition) is 2. The number of amides is 2. The third-order valence-electron chi connectivity index (χ3n) is 4.92. The number of anilines is 2. The molecule has 0 atom stereocenters. The Balaban J connectivity index is 1.60. The second-order valence-corrected chi connectivity index (χ2v) is 7.42. The molecule has 0 radical (unpaired) electrons. The first kappa shape index (κ1) is 16.7. The third-order valence-corrected chi connectivity index (χ3v) is 5.66. The van der Waals surface area contributed by atoms with E-state index in [-0.39, 0.29) is 6.03 Å². The fourth-order valence-electron chi connectivity index (χ4n) is 3.75. The van der Waals surface area contributed by atoms with Crippen molar-refractivity contribution in [2.24, 2.45) is 0 Å². The van der Waals surface area contributed by atoms with Crippen LogP contribution in [0.15, 0.2) is 18.2 Å². The molecule has 130 valence electrons. The van der Waals surface area contributed by atoms with E-state index in [9.17, 15) is 4.79 Å². The maximum atomic E-state index is 12.5. The Morgan fingerprint density at radius 2 is 1.56 bits per heavy atom. The molecule has 0 saturated carbocycles. The molecule has 4 nitrogen and oxygen atoms in total. The van der Waals surface area contributed by atoms with Gasteiger partial charge in [-0.05, 0) is 74.3 Å². The van der Waals surface area contributed by atoms with Crippen molar-refractivity contribution in [2.45, 2.75) is 44.9 Å². The number of nitrogens with one attached hydrogen (secondary N) is 2. The summed E-state index contributed by atoms with van der Waals surface area (Å²) in [5.41, 5.74) is 6.35. The van der Waals surface area contributed by atoms with Gasteiger partial charge in [-0.25, -0.2) is 4.79 Å². The van der Waals surface area contributed by atoms with Crippen LogP contribution in [0, 0.1) is 0 Å². The number of fused-ring (bicyclic) bond motifs is 2. The van der Waals surface area contributed by atoms with E-state index in [2.05, 4.69) is 10.6 Å². The molecule has 0 saturated heterocycles. The molecule has 2 aromatic rings. The van der Waals surface area contributed by atoms with E-state index in [1.54, 1.807) is 18.2 Å². The highest BCUT2D eigenvalue weighted by atomic mass is 35.5. The topological polar surface area (TPSA) is 54.0 Å². The van der Waals surface area contributed by atoms with Crippen LogP contribution >= 0.6 is 23.2 Å². The lowest BCUT2D eigenvalue weighted by molar-refractivity contribution is 0.262. The lowest BCUT2D eigenvalue weighted by Crippen LogP contribution is -2.23. The van der Waals surface area contributed by atoms with Crippen molar-refractivity contribution < 1.29 is 4.79 Å². The minimum absolute atomic E-state index is 0.258. The molecule has 0 spiro atoms. The quantitative estimate of drug-likeness (QED) is 0.737. The third kappa shape index (κ3) is 3.33. The number of urea groups is 1. The second kappa shape index (κ2) is 6.85. The molecule has 0 bridgehead atoms. The van der Waals surface area contributed by atoms with Crippen molar-refractivity contribution in [2.75, 3.05) is 10.6 Å². The van der Waals surface area contributed by atoms with Gasteiger partial charge in [-0.3, -0.25) is 4.98 Å². The number of benzene rings is 1. The van der Waals surface area contributed by atoms with E-state index in [4.69, 9.17) is 28.2 Å². The zero-order valence-corrected chi connectivity index (χ0v) is 15.3. The van der Waals surface area contributed by atoms with Gasteiger partial charge in [0.15, 0.2) is 0 Å². The highest BCUT2D eigenvalue weighted by molar-refractivity contribution is 6.42. The largest absolute Gasteiger partial charge is 0.323 e. The summed E-state index contributed by atoms with van der Waals surface area (Å²) >= 11 is 11.9. The lowest BCUT2D eigenvalue weighted by Gasteiger charge is -2.22. The summed E-state index contributed by atoms with van der Waals surface area (Å²) in [7, 11) is 0. The van der Waals surface area contributed by atoms with E-state index in [0.29, 0.717) is 15.7 Å². The van der Waals surface area contributed by atoms with Crippen LogP contribution in [-0.4, -0.2) is 11.0 Å². The van der Waals surface area contributed by atoms with Gasteiger partial charge in [0.2, 0.25) is 0 Å². The molecule has 25 heavy (non-hydrogen) atoms. The highest BCUT2D eigenvalue weighted by Crippen LogP contribution is 2.36. The zero-order valence-electron chi connectivity index (χ0n) is 13.8. The molecule has 2 aliphatic rings. The number of nitrogens with zero attached hydrogens (tertiary/aromatic N) is 1. The number of aryl methyl sites for hydroxylation is 2. The number of hydrogen-bond donors (Lipinski definition) is 2. The van der Waals surface area contributed by atoms with Crippen LogP contribution in [0.25, 0.3) is 0 Å². The molecular formula is C19H19Cl2N3O. The van der Waals surface area contributed by atoms with Crippen molar-refractivity contribution in [1.29, 1.82) is 0 Å². The van der Waals surface area contributed by atoms with Crippen molar-refractivity contribution in [3.05, 3.63) is 50.8 Å². The lowest BCUT2D eigenvalue weighted by atomic mass is 9.92. The van der Waals surface area contributed by atoms with Crippen LogP contribution in [0.5, 0.6) is 0 Å². The normalized spacial score (nSPS) is 15.4. The standard InChI is InChI=1S/C19H19Cl2N3O/c20-14-9-8-11(10-15(14)21)22-19(25)24-18-12-4-1-2-6-16(12)23-17-7-3-5-13(17)18/h8-10H,1-7H2,(H2,22,23,24,25). The average molecular weight is 376 g/mol. The summed E-state index contributed by atoms with van der Waals surface area (Å²) in [6.07, 6.45) is 7.41. The van der Waals surface area contributed by atoms with Gasteiger partial charge in [-0.15, -0.1) is 0 Å². The van der Waals surface area contributed by atoms with E-state index in [1.165, 1.54) is 17.5 Å². The van der Waals surface area contributed by atoms with Gasteiger partial charge < -0.3 is 10.6 Å². The molecule has 6 heteroatoms. The molecule has 0 unspecified atom stereocenters. The molecular weight excluding hydrogens is 357 g/mol. The molecule has 4 rings (SSSR count). The first-order chi connectivity index (χ1) is 12.1. The van der Waals surface area contributed by atoms with Gasteiger partial charge in [0.25, 0.3) is 0 Å². The van der Waals surface area contributed by atoms with Gasteiger partial charge in [0.1, 0.15) is 0 Å². The van der Waals surface area contributed by atoms with E-state index < -0.39 is 0 Å². The van der Waals surface area contributed by atoms with Crippen LogP contribution < -0.4 is 10.6 Å². The Morgan fingerprint density at radius 1 is 0.880 bits per heavy atom. The Kier molecular flexibility index (Phi) is 4.57. The Morgan fingerprint density at radius 3 is 2.32 bits per heavy atom. The number of rotatable bonds is 2. The van der Waals surface area contributed by atoms with Gasteiger partial charge in [0, 0.05) is 17.1 Å². The molecule has 0 fully saturated rings. The van der Waals surface area contributed by atoms with Crippen LogP contribution in [0.2, 0.25) is 10.0 Å². The monoisotopic (exact) mass is 375 g/mol. The van der Waals surface area contributed by atoms with E-state index in [1.807, 2.05) is 0 Å². The summed E-state index contributed by atoms with van der Waals surface area (Å²) in [5, 5.41) is 6.81. The summed E-state index contributed by atoms with van der Waals surface area (Å²) in [6, 6.07) is 4.80. The molecule has 2 amide bonds. The first-order valence-corrected chi connectivity index (χ1v) is 9.44. The first-order valence-electron chi connectivity index (χ1n) is 8.68. The Hall–Kier alpha value is -1.78. The van der Waals surface area contributed by atoms with Crippen LogP contribution in [0.4, 0.5) is 16.2 Å². The van der Waals surface area contributed by atoms with Crippen LogP contribution in [0.3, 0.4) is 0 Å². The molecule has 1 aromatic heterocycles. The number of halogens is 2. The minimum atomic E-state index is -0.258. The van der Waals surface area contributed by atoms with E-state index >= 15 is 0 Å². The molecule has 2 aliphatic carbocycles. The molecule has 1 aromatic carbocycles. The maximum absolute atomic E-state index is 12.5. The smallest absolute Gasteiger partial charge is 0.308 e. The molecule has 2 N–H and O–H groups in total. The van der Waals surface area contributed by atoms with Crippen molar-refractivity contribution in [3.63, 3.8) is 0 Å². The number of carbonyl (C=O) groups is 1. The summed E-state index contributed by atoms with van der Waals surface area (Å²) in [6.45, 7) is 0. The predicted molar refractivity (Wildman–Crippen MR) is 102 cm³/mol. The number of pyridine rings is 1. The number of carbonyl (C=O) groups excluding carboxylic acids is 1. The van der Waals surface area contributed by atoms with Crippen molar-refractivity contribution in [3.8, 4) is 0 Å². The fourth-order valence-corrected chi connectivity index (χ4v) is 4.05. The Labute approximate surface area is 156 Å². The maximum Gasteiger partial charge on any atom is 0.323 e. The second-order valence-electron chi connectivity index (χ2n) is 6.61. The van der Waals surface area contributed by atoms with Crippen LogP contribution in [0.1, 0.15) is 41.8 Å². The summed E-state index contributed by atoms with van der Waals surface area (Å²) in [5.74, 6) is 0. The van der Waals surface area contributed by atoms with Crippen molar-refractivity contribution >= 4 is 40.6 Å². The summed E-state index contributed by atoms with van der Waals surface area (Å²) in [4.78, 5) is 17.4. The SMILES string of the molecule is O=C(Nc1ccc(Cl)c(Cl)c1)Nc1c2c(nc3c1CCC3)CCCC2. The Bertz CT molecular complexity index is 851. The van der Waals surface area contributed by atoms with Gasteiger partial charge >= 0.3 is 6.03 Å². The predicted octanol–water partition coefficient (Wildman–Crippen LogP) is 5.40. The molecule has 1 heterocycles. The van der Waals surface area contributed by atoms with Crippen molar-refractivity contribution in [1.82, 2.24) is 4.98 Å². The minimum Gasteiger partial charge on any atom is -0.308 e. The summed E-state index contributed by atoms with van der Waals surface area (Å²) < 4.78 is 0. The highest BCUT2D eigenvalue weighted by Gasteiger charge is 2.25. The molecule has 0 aliphatic heterocycles. The van der Waals surface area contributed by atoms with Crippen LogP contribution in [-0.2, 0) is 25.7 Å². The fraction of sp³-hybridized carbons (Fsp3) is 0.368.